The van der Waals surface area contributed by atoms with Crippen molar-refractivity contribution in [2.75, 3.05) is 12.3 Å². The highest BCUT2D eigenvalue weighted by Gasteiger charge is 2.16. The van der Waals surface area contributed by atoms with E-state index in [1.807, 2.05) is 30.3 Å². The molecule has 0 fully saturated rings. The van der Waals surface area contributed by atoms with Gasteiger partial charge in [0.15, 0.2) is 0 Å². The number of nitrogens with one attached hydrogen (secondary N) is 1. The first-order valence-electron chi connectivity index (χ1n) is 6.13. The molecule has 2 rings (SSSR count). The van der Waals surface area contributed by atoms with Gasteiger partial charge in [-0.2, -0.15) is 0 Å². The fourth-order valence-corrected chi connectivity index (χ4v) is 2.08. The summed E-state index contributed by atoms with van der Waals surface area (Å²) in [6.45, 7) is -0.191. The lowest BCUT2D eigenvalue weighted by Crippen LogP contribution is -2.31. The lowest BCUT2D eigenvalue weighted by Gasteiger charge is -2.17. The summed E-state index contributed by atoms with van der Waals surface area (Å²) in [5.74, 6) is -0.345. The van der Waals surface area contributed by atoms with Crippen molar-refractivity contribution in [3.8, 4) is 0 Å². The number of nitrogen functional groups attached to an aromatic ring is 1. The number of carbonyl (C=O) groups excluding carboxylic acids is 1. The number of halogens is 1. The van der Waals surface area contributed by atoms with Crippen LogP contribution in [0.5, 0.6) is 0 Å². The van der Waals surface area contributed by atoms with Crippen molar-refractivity contribution >= 4 is 23.2 Å². The molecule has 0 spiro atoms. The van der Waals surface area contributed by atoms with Crippen molar-refractivity contribution in [3.63, 3.8) is 0 Å². The van der Waals surface area contributed by atoms with E-state index in [1.165, 1.54) is 6.07 Å². The SMILES string of the molecule is Nc1cc(Cl)ccc1C(=O)NC(CO)c1ccccc1. The summed E-state index contributed by atoms with van der Waals surface area (Å²) in [5, 5.41) is 12.6. The number of amides is 1. The molecule has 0 aliphatic heterocycles. The van der Waals surface area contributed by atoms with Crippen LogP contribution in [0.2, 0.25) is 5.02 Å². The number of aliphatic hydroxyl groups excluding tert-OH is 1. The summed E-state index contributed by atoms with van der Waals surface area (Å²) in [5.41, 5.74) is 7.24. The molecule has 0 bridgehead atoms. The van der Waals surface area contributed by atoms with E-state index >= 15 is 0 Å². The highest BCUT2D eigenvalue weighted by atomic mass is 35.5. The highest BCUT2D eigenvalue weighted by Crippen LogP contribution is 2.19. The number of aliphatic hydroxyl groups is 1. The summed E-state index contributed by atoms with van der Waals surface area (Å²) in [4.78, 5) is 12.2. The third-order valence-electron chi connectivity index (χ3n) is 2.95. The van der Waals surface area contributed by atoms with Crippen LogP contribution < -0.4 is 11.1 Å². The fourth-order valence-electron chi connectivity index (χ4n) is 1.90. The second-order valence-electron chi connectivity index (χ2n) is 4.35. The zero-order valence-corrected chi connectivity index (χ0v) is 11.5. The number of hydrogen-bond acceptors (Lipinski definition) is 3. The van der Waals surface area contributed by atoms with Crippen LogP contribution in [-0.4, -0.2) is 17.6 Å². The first-order valence-corrected chi connectivity index (χ1v) is 6.51. The Bertz CT molecular complexity index is 602. The van der Waals surface area contributed by atoms with E-state index in [4.69, 9.17) is 17.3 Å². The van der Waals surface area contributed by atoms with Gasteiger partial charge in [0.1, 0.15) is 0 Å². The van der Waals surface area contributed by atoms with E-state index in [2.05, 4.69) is 5.32 Å². The molecule has 4 N–H and O–H groups in total. The number of nitrogens with two attached hydrogens (primary N) is 1. The minimum Gasteiger partial charge on any atom is -0.398 e. The largest absolute Gasteiger partial charge is 0.398 e. The maximum Gasteiger partial charge on any atom is 0.253 e. The van der Waals surface area contributed by atoms with Crippen molar-refractivity contribution < 1.29 is 9.90 Å². The third kappa shape index (κ3) is 3.29. The van der Waals surface area contributed by atoms with Gasteiger partial charge in [-0.05, 0) is 23.8 Å². The van der Waals surface area contributed by atoms with Crippen molar-refractivity contribution in [2.45, 2.75) is 6.04 Å². The minimum atomic E-state index is -0.473. The monoisotopic (exact) mass is 290 g/mol. The molecule has 4 nitrogen and oxygen atoms in total. The zero-order valence-electron chi connectivity index (χ0n) is 10.7. The van der Waals surface area contributed by atoms with Crippen LogP contribution >= 0.6 is 11.6 Å². The molecule has 0 aromatic heterocycles. The average Bonchev–Trinajstić information content (AvgIpc) is 2.45. The molecule has 0 saturated heterocycles. The zero-order chi connectivity index (χ0) is 14.5. The Labute approximate surface area is 122 Å². The number of rotatable bonds is 4. The predicted molar refractivity (Wildman–Crippen MR) is 79.6 cm³/mol. The lowest BCUT2D eigenvalue weighted by atomic mass is 10.1. The van der Waals surface area contributed by atoms with Gasteiger partial charge in [0.05, 0.1) is 18.2 Å². The Morgan fingerprint density at radius 1 is 1.25 bits per heavy atom. The molecule has 0 saturated carbocycles. The maximum absolute atomic E-state index is 12.2. The standard InChI is InChI=1S/C15H15ClN2O2/c16-11-6-7-12(13(17)8-11)15(20)18-14(9-19)10-4-2-1-3-5-10/h1-8,14,19H,9,17H2,(H,18,20). The average molecular weight is 291 g/mol. The maximum atomic E-state index is 12.2. The van der Waals surface area contributed by atoms with Gasteiger partial charge in [-0.3, -0.25) is 4.79 Å². The summed E-state index contributed by atoms with van der Waals surface area (Å²) in [7, 11) is 0. The topological polar surface area (TPSA) is 75.4 Å². The molecule has 0 radical (unpaired) electrons. The molecule has 0 aliphatic rings. The Morgan fingerprint density at radius 2 is 1.95 bits per heavy atom. The molecule has 5 heteroatoms. The fraction of sp³-hybridized carbons (Fsp3) is 0.133. The van der Waals surface area contributed by atoms with Gasteiger partial charge >= 0.3 is 0 Å². The van der Waals surface area contributed by atoms with E-state index < -0.39 is 6.04 Å². The van der Waals surface area contributed by atoms with Gasteiger partial charge in [0, 0.05) is 10.7 Å². The van der Waals surface area contributed by atoms with Gasteiger partial charge in [-0.1, -0.05) is 41.9 Å². The molecule has 104 valence electrons. The van der Waals surface area contributed by atoms with Crippen molar-refractivity contribution in [1.82, 2.24) is 5.32 Å². The molecule has 1 unspecified atom stereocenters. The Morgan fingerprint density at radius 3 is 2.55 bits per heavy atom. The molecule has 2 aromatic rings. The van der Waals surface area contributed by atoms with E-state index in [0.29, 0.717) is 16.3 Å². The normalized spacial score (nSPS) is 11.9. The third-order valence-corrected chi connectivity index (χ3v) is 3.18. The Kier molecular flexibility index (Phi) is 4.61. The predicted octanol–water partition coefficient (Wildman–Crippen LogP) is 2.39. The molecular formula is C15H15ClN2O2. The van der Waals surface area contributed by atoms with Gasteiger partial charge in [0.2, 0.25) is 0 Å². The molecule has 1 atom stereocenters. The van der Waals surface area contributed by atoms with Crippen molar-refractivity contribution in [1.29, 1.82) is 0 Å². The quantitative estimate of drug-likeness (QED) is 0.757. The molecule has 20 heavy (non-hydrogen) atoms. The van der Waals surface area contributed by atoms with Gasteiger partial charge in [0.25, 0.3) is 5.91 Å². The van der Waals surface area contributed by atoms with Gasteiger partial charge in [-0.15, -0.1) is 0 Å². The Balaban J connectivity index is 2.17. The van der Waals surface area contributed by atoms with Crippen LogP contribution in [-0.2, 0) is 0 Å². The van der Waals surface area contributed by atoms with Crippen LogP contribution in [0, 0.1) is 0 Å². The van der Waals surface area contributed by atoms with E-state index in [9.17, 15) is 9.90 Å². The van der Waals surface area contributed by atoms with E-state index in [0.717, 1.165) is 5.56 Å². The summed E-state index contributed by atoms with van der Waals surface area (Å²) in [6, 6.07) is 13.5. The highest BCUT2D eigenvalue weighted by molar-refractivity contribution is 6.31. The van der Waals surface area contributed by atoms with Crippen LogP contribution in [0.25, 0.3) is 0 Å². The summed E-state index contributed by atoms with van der Waals surface area (Å²) >= 11 is 5.80. The first kappa shape index (κ1) is 14.4. The molecule has 0 heterocycles. The number of benzene rings is 2. The minimum absolute atomic E-state index is 0.191. The van der Waals surface area contributed by atoms with Crippen molar-refractivity contribution in [2.24, 2.45) is 0 Å². The van der Waals surface area contributed by atoms with Crippen LogP contribution in [0.15, 0.2) is 48.5 Å². The van der Waals surface area contributed by atoms with E-state index in [-0.39, 0.29) is 12.5 Å². The van der Waals surface area contributed by atoms with E-state index in [1.54, 1.807) is 12.1 Å². The Hall–Kier alpha value is -2.04. The smallest absolute Gasteiger partial charge is 0.253 e. The van der Waals surface area contributed by atoms with Gasteiger partial charge < -0.3 is 16.2 Å². The second kappa shape index (κ2) is 6.41. The lowest BCUT2D eigenvalue weighted by molar-refractivity contribution is 0.0917. The second-order valence-corrected chi connectivity index (χ2v) is 4.79. The number of anilines is 1. The van der Waals surface area contributed by atoms with Crippen LogP contribution in [0.4, 0.5) is 5.69 Å². The van der Waals surface area contributed by atoms with Crippen LogP contribution in [0.3, 0.4) is 0 Å². The van der Waals surface area contributed by atoms with Gasteiger partial charge in [-0.25, -0.2) is 0 Å². The molecular weight excluding hydrogens is 276 g/mol. The molecule has 0 aliphatic carbocycles. The first-order chi connectivity index (χ1) is 9.61. The number of hydrogen-bond donors (Lipinski definition) is 3. The molecule has 2 aromatic carbocycles. The number of carbonyl (C=O) groups is 1. The van der Waals surface area contributed by atoms with Crippen molar-refractivity contribution in [3.05, 3.63) is 64.7 Å². The summed E-state index contributed by atoms with van der Waals surface area (Å²) in [6.07, 6.45) is 0. The molecule has 1 amide bonds. The summed E-state index contributed by atoms with van der Waals surface area (Å²) < 4.78 is 0. The van der Waals surface area contributed by atoms with Crippen LogP contribution in [0.1, 0.15) is 22.0 Å².